The lowest BCUT2D eigenvalue weighted by Crippen LogP contribution is -2.38. The first-order valence-electron chi connectivity index (χ1n) is 8.06. The molecule has 20 heavy (non-hydrogen) atoms. The lowest BCUT2D eigenvalue weighted by Gasteiger charge is -2.42. The molecule has 1 aromatic rings. The lowest BCUT2D eigenvalue weighted by atomic mass is 9.68. The zero-order valence-corrected chi connectivity index (χ0v) is 13.1. The van der Waals surface area contributed by atoms with E-state index in [2.05, 4.69) is 19.2 Å². The second-order valence-electron chi connectivity index (χ2n) is 6.61. The van der Waals surface area contributed by atoms with Crippen LogP contribution in [-0.2, 0) is 0 Å². The monoisotopic (exact) mass is 277 g/mol. The van der Waals surface area contributed by atoms with E-state index in [-0.39, 0.29) is 5.82 Å². The van der Waals surface area contributed by atoms with Crippen LogP contribution in [0.4, 0.5) is 4.39 Å². The van der Waals surface area contributed by atoms with Gasteiger partial charge in [-0.05, 0) is 55.3 Å². The fourth-order valence-corrected chi connectivity index (χ4v) is 3.55. The maximum absolute atomic E-state index is 13.5. The van der Waals surface area contributed by atoms with Crippen LogP contribution in [0.5, 0.6) is 0 Å². The largest absolute Gasteiger partial charge is 0.309 e. The van der Waals surface area contributed by atoms with Crippen molar-refractivity contribution in [2.45, 2.75) is 65.3 Å². The van der Waals surface area contributed by atoms with E-state index in [9.17, 15) is 4.39 Å². The van der Waals surface area contributed by atoms with Crippen LogP contribution >= 0.6 is 0 Å². The quantitative estimate of drug-likeness (QED) is 0.785. The van der Waals surface area contributed by atoms with E-state index >= 15 is 0 Å². The summed E-state index contributed by atoms with van der Waals surface area (Å²) in [4.78, 5) is 0. The molecule has 0 spiro atoms. The van der Waals surface area contributed by atoms with Gasteiger partial charge in [0.1, 0.15) is 5.82 Å². The number of benzene rings is 1. The van der Waals surface area contributed by atoms with E-state index in [0.29, 0.717) is 11.5 Å². The molecule has 1 atom stereocenters. The minimum atomic E-state index is -0.100. The first-order chi connectivity index (χ1) is 9.57. The zero-order valence-electron chi connectivity index (χ0n) is 13.1. The first-order valence-corrected chi connectivity index (χ1v) is 8.06. The number of rotatable bonds is 5. The molecule has 0 amide bonds. The summed E-state index contributed by atoms with van der Waals surface area (Å²) in [5.74, 6) is -0.100. The summed E-state index contributed by atoms with van der Waals surface area (Å²) in [6, 6.07) is 5.97. The summed E-state index contributed by atoms with van der Waals surface area (Å²) in [5.41, 5.74) is 2.31. The predicted octanol–water partition coefficient (Wildman–Crippen LogP) is 5.15. The number of halogens is 1. The van der Waals surface area contributed by atoms with Gasteiger partial charge in [0.25, 0.3) is 0 Å². The fraction of sp³-hybridized carbons (Fsp3) is 0.667. The third-order valence-electron chi connectivity index (χ3n) is 4.81. The Morgan fingerprint density at radius 2 is 1.95 bits per heavy atom. The predicted molar refractivity (Wildman–Crippen MR) is 83.4 cm³/mol. The summed E-state index contributed by atoms with van der Waals surface area (Å²) in [7, 11) is 0. The molecule has 1 nitrogen and oxygen atoms in total. The number of aryl methyl sites for hydroxylation is 1. The van der Waals surface area contributed by atoms with Crippen molar-refractivity contribution in [3.05, 3.63) is 35.1 Å². The van der Waals surface area contributed by atoms with Crippen LogP contribution in [-0.4, -0.2) is 6.54 Å². The van der Waals surface area contributed by atoms with Crippen molar-refractivity contribution >= 4 is 0 Å². The zero-order chi connectivity index (χ0) is 14.6. The van der Waals surface area contributed by atoms with Crippen molar-refractivity contribution in [2.24, 2.45) is 5.41 Å². The van der Waals surface area contributed by atoms with Crippen LogP contribution in [0.2, 0.25) is 0 Å². The summed E-state index contributed by atoms with van der Waals surface area (Å²) >= 11 is 0. The smallest absolute Gasteiger partial charge is 0.126 e. The average molecular weight is 277 g/mol. The van der Waals surface area contributed by atoms with Gasteiger partial charge in [-0.2, -0.15) is 0 Å². The molecule has 1 aromatic carbocycles. The summed E-state index contributed by atoms with van der Waals surface area (Å²) in [5, 5.41) is 3.72. The van der Waals surface area contributed by atoms with E-state index in [0.717, 1.165) is 18.5 Å². The van der Waals surface area contributed by atoms with Gasteiger partial charge >= 0.3 is 0 Å². The molecule has 1 aliphatic rings. The fourth-order valence-electron chi connectivity index (χ4n) is 3.55. The van der Waals surface area contributed by atoms with Gasteiger partial charge in [0.05, 0.1) is 0 Å². The molecule has 2 heteroatoms. The van der Waals surface area contributed by atoms with Crippen LogP contribution < -0.4 is 5.32 Å². The summed E-state index contributed by atoms with van der Waals surface area (Å²) in [6.07, 6.45) is 7.67. The van der Waals surface area contributed by atoms with Gasteiger partial charge in [0.15, 0.2) is 0 Å². The van der Waals surface area contributed by atoms with Crippen LogP contribution in [0.3, 0.4) is 0 Å². The Balaban J connectivity index is 2.28. The topological polar surface area (TPSA) is 12.0 Å². The molecule has 1 fully saturated rings. The maximum Gasteiger partial charge on any atom is 0.126 e. The van der Waals surface area contributed by atoms with Gasteiger partial charge in [0.2, 0.25) is 0 Å². The molecule has 1 N–H and O–H groups in total. The van der Waals surface area contributed by atoms with Gasteiger partial charge in [-0.1, -0.05) is 45.2 Å². The molecule has 0 aromatic heterocycles. The standard InChI is InChI=1S/C18H28FN/c1-4-12-20-17(18(3)10-6-5-7-11-18)15-8-9-16(19)14(2)13-15/h8-9,13,17,20H,4-7,10-12H2,1-3H3. The van der Waals surface area contributed by atoms with Crippen molar-refractivity contribution in [1.82, 2.24) is 5.32 Å². The molecular weight excluding hydrogens is 249 g/mol. The van der Waals surface area contributed by atoms with Gasteiger partial charge in [-0.3, -0.25) is 0 Å². The second kappa shape index (κ2) is 6.71. The highest BCUT2D eigenvalue weighted by Gasteiger charge is 2.36. The Kier molecular flexibility index (Phi) is 5.20. The first kappa shape index (κ1) is 15.5. The van der Waals surface area contributed by atoms with E-state index in [1.165, 1.54) is 37.7 Å². The number of hydrogen-bond donors (Lipinski definition) is 1. The number of nitrogens with one attached hydrogen (secondary N) is 1. The third-order valence-corrected chi connectivity index (χ3v) is 4.81. The molecule has 0 aliphatic heterocycles. The van der Waals surface area contributed by atoms with Crippen molar-refractivity contribution in [3.8, 4) is 0 Å². The molecule has 1 saturated carbocycles. The van der Waals surface area contributed by atoms with E-state index < -0.39 is 0 Å². The van der Waals surface area contributed by atoms with Gasteiger partial charge in [0, 0.05) is 6.04 Å². The molecule has 1 aliphatic carbocycles. The van der Waals surface area contributed by atoms with Crippen LogP contribution in [0.1, 0.15) is 69.5 Å². The Morgan fingerprint density at radius 1 is 1.25 bits per heavy atom. The van der Waals surface area contributed by atoms with Crippen molar-refractivity contribution < 1.29 is 4.39 Å². The molecular formula is C18H28FN. The molecule has 112 valence electrons. The average Bonchev–Trinajstić information content (AvgIpc) is 2.43. The van der Waals surface area contributed by atoms with Crippen molar-refractivity contribution in [1.29, 1.82) is 0 Å². The third kappa shape index (κ3) is 3.41. The van der Waals surface area contributed by atoms with Crippen LogP contribution in [0.25, 0.3) is 0 Å². The van der Waals surface area contributed by atoms with Crippen LogP contribution in [0.15, 0.2) is 18.2 Å². The second-order valence-corrected chi connectivity index (χ2v) is 6.61. The lowest BCUT2D eigenvalue weighted by molar-refractivity contribution is 0.144. The Morgan fingerprint density at radius 3 is 2.55 bits per heavy atom. The van der Waals surface area contributed by atoms with Gasteiger partial charge < -0.3 is 5.32 Å². The van der Waals surface area contributed by atoms with Crippen molar-refractivity contribution in [3.63, 3.8) is 0 Å². The Labute approximate surface area is 123 Å². The highest BCUT2D eigenvalue weighted by Crippen LogP contribution is 2.45. The van der Waals surface area contributed by atoms with Gasteiger partial charge in [-0.25, -0.2) is 4.39 Å². The minimum absolute atomic E-state index is 0.100. The molecule has 0 radical (unpaired) electrons. The molecule has 1 unspecified atom stereocenters. The molecule has 0 bridgehead atoms. The summed E-state index contributed by atoms with van der Waals surface area (Å²) in [6.45, 7) is 7.48. The summed E-state index contributed by atoms with van der Waals surface area (Å²) < 4.78 is 13.5. The molecule has 2 rings (SSSR count). The normalized spacial score (nSPS) is 19.8. The van der Waals surface area contributed by atoms with Crippen LogP contribution in [0, 0.1) is 18.2 Å². The highest BCUT2D eigenvalue weighted by molar-refractivity contribution is 5.28. The molecule has 0 heterocycles. The SMILES string of the molecule is CCCNC(c1ccc(F)c(C)c1)C1(C)CCCCC1. The van der Waals surface area contributed by atoms with E-state index in [1.54, 1.807) is 6.07 Å². The Hall–Kier alpha value is -0.890. The Bertz CT molecular complexity index is 435. The van der Waals surface area contributed by atoms with E-state index in [1.807, 2.05) is 19.1 Å². The van der Waals surface area contributed by atoms with Gasteiger partial charge in [-0.15, -0.1) is 0 Å². The number of hydrogen-bond acceptors (Lipinski definition) is 1. The maximum atomic E-state index is 13.5. The molecule has 0 saturated heterocycles. The van der Waals surface area contributed by atoms with E-state index in [4.69, 9.17) is 0 Å². The highest BCUT2D eigenvalue weighted by atomic mass is 19.1. The minimum Gasteiger partial charge on any atom is -0.309 e. The van der Waals surface area contributed by atoms with Crippen molar-refractivity contribution in [2.75, 3.05) is 6.54 Å².